The second-order valence-electron chi connectivity index (χ2n) is 5.05. The predicted octanol–water partition coefficient (Wildman–Crippen LogP) is 3.89. The van der Waals surface area contributed by atoms with Crippen LogP contribution in [0.2, 0.25) is 5.15 Å². The number of aromatic nitrogens is 2. The van der Waals surface area contributed by atoms with Gasteiger partial charge < -0.3 is 0 Å². The van der Waals surface area contributed by atoms with Crippen molar-refractivity contribution in [3.05, 3.63) is 34.6 Å². The summed E-state index contributed by atoms with van der Waals surface area (Å²) in [5.74, 6) is 0. The molecule has 2 rings (SSSR count). The third-order valence-electron chi connectivity index (χ3n) is 2.65. The average molecular weight is 235 g/mol. The van der Waals surface area contributed by atoms with Crippen molar-refractivity contribution in [2.24, 2.45) is 0 Å². The molecule has 0 saturated carbocycles. The zero-order valence-electron chi connectivity index (χ0n) is 10.0. The Kier molecular flexibility index (Phi) is 2.62. The summed E-state index contributed by atoms with van der Waals surface area (Å²) in [4.78, 5) is 8.76. The molecule has 0 aliphatic carbocycles. The predicted molar refractivity (Wildman–Crippen MR) is 68.0 cm³/mol. The van der Waals surface area contributed by atoms with Crippen molar-refractivity contribution in [3.63, 3.8) is 0 Å². The minimum absolute atomic E-state index is 0.118. The van der Waals surface area contributed by atoms with Crippen LogP contribution in [0.25, 0.3) is 11.0 Å². The van der Waals surface area contributed by atoms with Gasteiger partial charge >= 0.3 is 0 Å². The van der Waals surface area contributed by atoms with Gasteiger partial charge in [-0.1, -0.05) is 38.4 Å². The number of nitrogens with zero attached hydrogens (tertiary/aromatic N) is 2. The SMILES string of the molecule is Cc1nc2ccc(C(C)(C)C)cc2nc1Cl. The van der Waals surface area contributed by atoms with Gasteiger partial charge in [0.2, 0.25) is 0 Å². The Morgan fingerprint density at radius 1 is 1.06 bits per heavy atom. The molecule has 0 aliphatic rings. The molecule has 0 atom stereocenters. The fraction of sp³-hybridized carbons (Fsp3) is 0.385. The minimum atomic E-state index is 0.118. The zero-order chi connectivity index (χ0) is 11.9. The first-order valence-electron chi connectivity index (χ1n) is 5.32. The van der Waals surface area contributed by atoms with Crippen LogP contribution in [0, 0.1) is 6.92 Å². The second kappa shape index (κ2) is 3.70. The van der Waals surface area contributed by atoms with Crippen LogP contribution in [0.5, 0.6) is 0 Å². The van der Waals surface area contributed by atoms with Crippen LogP contribution in [0.15, 0.2) is 18.2 Å². The van der Waals surface area contributed by atoms with E-state index in [1.54, 1.807) is 0 Å². The molecule has 1 aromatic carbocycles. The van der Waals surface area contributed by atoms with Crippen LogP contribution in [-0.4, -0.2) is 9.97 Å². The molecule has 0 unspecified atom stereocenters. The molecule has 16 heavy (non-hydrogen) atoms. The normalized spacial score (nSPS) is 12.1. The standard InChI is InChI=1S/C13H15ClN2/c1-8-12(14)16-11-7-9(13(2,3)4)5-6-10(11)15-8/h5-7H,1-4H3. The first kappa shape index (κ1) is 11.3. The van der Waals surface area contributed by atoms with Crippen LogP contribution in [0.1, 0.15) is 32.0 Å². The van der Waals surface area contributed by atoms with Crippen molar-refractivity contribution < 1.29 is 0 Å². The van der Waals surface area contributed by atoms with E-state index in [1.165, 1.54) is 5.56 Å². The highest BCUT2D eigenvalue weighted by molar-refractivity contribution is 6.30. The number of aryl methyl sites for hydroxylation is 1. The molecule has 0 bridgehead atoms. The number of benzene rings is 1. The number of halogens is 1. The van der Waals surface area contributed by atoms with Crippen molar-refractivity contribution >= 4 is 22.6 Å². The Morgan fingerprint density at radius 2 is 1.75 bits per heavy atom. The lowest BCUT2D eigenvalue weighted by molar-refractivity contribution is 0.591. The number of rotatable bonds is 0. The summed E-state index contributed by atoms with van der Waals surface area (Å²) in [5.41, 5.74) is 3.90. The molecule has 2 aromatic rings. The summed E-state index contributed by atoms with van der Waals surface area (Å²) in [6, 6.07) is 6.17. The summed E-state index contributed by atoms with van der Waals surface area (Å²) < 4.78 is 0. The molecule has 0 fully saturated rings. The topological polar surface area (TPSA) is 25.8 Å². The summed E-state index contributed by atoms with van der Waals surface area (Å²) in [5, 5.41) is 0.485. The zero-order valence-corrected chi connectivity index (χ0v) is 10.8. The maximum atomic E-state index is 5.98. The van der Waals surface area contributed by atoms with Crippen molar-refractivity contribution in [1.82, 2.24) is 9.97 Å². The van der Waals surface area contributed by atoms with Crippen LogP contribution < -0.4 is 0 Å². The third-order valence-corrected chi connectivity index (χ3v) is 3.00. The van der Waals surface area contributed by atoms with E-state index in [0.717, 1.165) is 16.7 Å². The van der Waals surface area contributed by atoms with Crippen molar-refractivity contribution in [1.29, 1.82) is 0 Å². The molecule has 3 heteroatoms. The maximum Gasteiger partial charge on any atom is 0.150 e. The molecule has 0 amide bonds. The Morgan fingerprint density at radius 3 is 2.38 bits per heavy atom. The molecule has 2 nitrogen and oxygen atoms in total. The van der Waals surface area contributed by atoms with E-state index in [-0.39, 0.29) is 5.41 Å². The van der Waals surface area contributed by atoms with Crippen molar-refractivity contribution in [2.75, 3.05) is 0 Å². The monoisotopic (exact) mass is 234 g/mol. The van der Waals surface area contributed by atoms with Gasteiger partial charge in [0.1, 0.15) is 0 Å². The lowest BCUT2D eigenvalue weighted by Crippen LogP contribution is -2.10. The Balaban J connectivity index is 2.67. The molecular weight excluding hydrogens is 220 g/mol. The van der Waals surface area contributed by atoms with Crippen molar-refractivity contribution in [2.45, 2.75) is 33.1 Å². The maximum absolute atomic E-state index is 5.98. The highest BCUT2D eigenvalue weighted by Gasteiger charge is 2.14. The Labute approximate surface area is 101 Å². The first-order valence-corrected chi connectivity index (χ1v) is 5.70. The number of hydrogen-bond donors (Lipinski definition) is 0. The van der Waals surface area contributed by atoms with E-state index in [1.807, 2.05) is 13.0 Å². The molecular formula is C13H15ClN2. The highest BCUT2D eigenvalue weighted by Crippen LogP contribution is 2.25. The van der Waals surface area contributed by atoms with Gasteiger partial charge in [-0.2, -0.15) is 0 Å². The quantitative estimate of drug-likeness (QED) is 0.691. The van der Waals surface area contributed by atoms with Crippen LogP contribution in [0.3, 0.4) is 0 Å². The Bertz CT molecular complexity index is 541. The van der Waals surface area contributed by atoms with E-state index in [9.17, 15) is 0 Å². The van der Waals surface area contributed by atoms with Crippen LogP contribution >= 0.6 is 11.6 Å². The van der Waals surface area contributed by atoms with Crippen molar-refractivity contribution in [3.8, 4) is 0 Å². The van der Waals surface area contributed by atoms with Gasteiger partial charge in [0.15, 0.2) is 5.15 Å². The molecule has 0 spiro atoms. The summed E-state index contributed by atoms with van der Waals surface area (Å²) in [7, 11) is 0. The van der Waals surface area contributed by atoms with E-state index >= 15 is 0 Å². The summed E-state index contributed by atoms with van der Waals surface area (Å²) in [6.07, 6.45) is 0. The molecule has 0 saturated heterocycles. The minimum Gasteiger partial charge on any atom is -0.248 e. The van der Waals surface area contributed by atoms with E-state index in [4.69, 9.17) is 11.6 Å². The summed E-state index contributed by atoms with van der Waals surface area (Å²) >= 11 is 5.98. The Hall–Kier alpha value is -1.15. The average Bonchev–Trinajstić information content (AvgIpc) is 2.17. The van der Waals surface area contributed by atoms with E-state index in [0.29, 0.717) is 5.15 Å². The fourth-order valence-electron chi connectivity index (χ4n) is 1.59. The van der Waals surface area contributed by atoms with Gasteiger partial charge in [0, 0.05) is 0 Å². The van der Waals surface area contributed by atoms with Gasteiger partial charge in [-0.05, 0) is 30.0 Å². The fourth-order valence-corrected chi connectivity index (χ4v) is 1.72. The third kappa shape index (κ3) is 2.03. The molecule has 84 valence electrons. The molecule has 0 aliphatic heterocycles. The van der Waals surface area contributed by atoms with Gasteiger partial charge in [-0.3, -0.25) is 0 Å². The largest absolute Gasteiger partial charge is 0.248 e. The van der Waals surface area contributed by atoms with Crippen LogP contribution in [-0.2, 0) is 5.41 Å². The molecule has 1 heterocycles. The lowest BCUT2D eigenvalue weighted by Gasteiger charge is -2.19. The lowest BCUT2D eigenvalue weighted by atomic mass is 9.87. The van der Waals surface area contributed by atoms with Gasteiger partial charge in [0.05, 0.1) is 16.7 Å². The second-order valence-corrected chi connectivity index (χ2v) is 5.41. The molecule has 1 aromatic heterocycles. The number of fused-ring (bicyclic) bond motifs is 1. The number of hydrogen-bond acceptors (Lipinski definition) is 2. The smallest absolute Gasteiger partial charge is 0.150 e. The summed E-state index contributed by atoms with van der Waals surface area (Å²) in [6.45, 7) is 8.40. The first-order chi connectivity index (χ1) is 7.38. The van der Waals surface area contributed by atoms with Gasteiger partial charge in [-0.15, -0.1) is 0 Å². The molecule has 0 N–H and O–H groups in total. The van der Waals surface area contributed by atoms with Gasteiger partial charge in [0.25, 0.3) is 0 Å². The molecule has 0 radical (unpaired) electrons. The highest BCUT2D eigenvalue weighted by atomic mass is 35.5. The van der Waals surface area contributed by atoms with E-state index < -0.39 is 0 Å². The van der Waals surface area contributed by atoms with E-state index in [2.05, 4.69) is 42.9 Å². The van der Waals surface area contributed by atoms with Crippen LogP contribution in [0.4, 0.5) is 0 Å². The van der Waals surface area contributed by atoms with Gasteiger partial charge in [-0.25, -0.2) is 9.97 Å².